The maximum Gasteiger partial charge on any atom is 0.320 e. The minimum Gasteiger partial charge on any atom is -0.861 e. The highest BCUT2D eigenvalue weighted by molar-refractivity contribution is 8.00. The largest absolute Gasteiger partial charge is 0.861 e. The summed E-state index contributed by atoms with van der Waals surface area (Å²) in [5.41, 5.74) is 0. The van der Waals surface area contributed by atoms with Gasteiger partial charge in [-0.1, -0.05) is 19.3 Å². The highest BCUT2D eigenvalue weighted by Gasteiger charge is 2.14. The Kier molecular flexibility index (Phi) is 6.32. The van der Waals surface area contributed by atoms with Gasteiger partial charge in [-0.3, -0.25) is 4.52 Å². The van der Waals surface area contributed by atoms with Crippen molar-refractivity contribution in [3.63, 3.8) is 0 Å². The summed E-state index contributed by atoms with van der Waals surface area (Å²) in [4.78, 5) is 3.92. The molecule has 0 amide bonds. The number of methoxy groups -OCH3 is 1. The lowest BCUT2D eigenvalue weighted by Crippen LogP contribution is -2.36. The lowest BCUT2D eigenvalue weighted by Gasteiger charge is -2.22. The molecular formula is C13H21N3O3S. The monoisotopic (exact) mass is 299 g/mol. The molecule has 1 heterocycles. The quantitative estimate of drug-likeness (QED) is 0.427. The number of nitrogens with zero attached hydrogens (tertiary/aromatic N) is 3. The third-order valence-electron chi connectivity index (χ3n) is 3.25. The molecule has 0 aliphatic heterocycles. The number of aromatic nitrogens is 2. The fraction of sp³-hybridized carbons (Fsp3) is 0.769. The molecule has 1 aromatic rings. The molecule has 112 valence electrons. The second-order valence-electron chi connectivity index (χ2n) is 4.87. The third kappa shape index (κ3) is 5.13. The zero-order valence-corrected chi connectivity index (χ0v) is 12.6. The third-order valence-corrected chi connectivity index (χ3v) is 4.61. The van der Waals surface area contributed by atoms with Crippen molar-refractivity contribution in [2.45, 2.75) is 43.9 Å². The second kappa shape index (κ2) is 8.26. The Balaban J connectivity index is 1.78. The zero-order valence-electron chi connectivity index (χ0n) is 11.8. The first-order valence-electron chi connectivity index (χ1n) is 6.99. The van der Waals surface area contributed by atoms with Crippen LogP contribution in [0.25, 0.3) is 0 Å². The number of thioether (sulfide) groups is 1. The summed E-state index contributed by atoms with van der Waals surface area (Å²) in [5.74, 6) is 0.523. The molecule has 0 saturated heterocycles. The van der Waals surface area contributed by atoms with E-state index >= 15 is 0 Å². The van der Waals surface area contributed by atoms with Crippen LogP contribution in [-0.4, -0.2) is 35.9 Å². The molecule has 1 saturated carbocycles. The van der Waals surface area contributed by atoms with Crippen LogP contribution in [0.5, 0.6) is 0 Å². The average Bonchev–Trinajstić information content (AvgIpc) is 2.91. The molecule has 0 spiro atoms. The van der Waals surface area contributed by atoms with E-state index in [1.807, 2.05) is 0 Å². The molecular weight excluding hydrogens is 278 g/mol. The van der Waals surface area contributed by atoms with Crippen molar-refractivity contribution in [1.29, 1.82) is 0 Å². The van der Waals surface area contributed by atoms with Crippen LogP contribution in [-0.2, 0) is 11.3 Å². The van der Waals surface area contributed by atoms with Crippen molar-refractivity contribution < 1.29 is 19.0 Å². The molecule has 20 heavy (non-hydrogen) atoms. The van der Waals surface area contributed by atoms with Gasteiger partial charge in [0.1, 0.15) is 6.61 Å². The van der Waals surface area contributed by atoms with Gasteiger partial charge in [-0.05, 0) is 23.4 Å². The molecule has 1 aromatic heterocycles. The summed E-state index contributed by atoms with van der Waals surface area (Å²) in [6.45, 7) is 1.13. The number of hydrogen-bond donors (Lipinski definition) is 0. The molecule has 2 rings (SSSR count). The maximum atomic E-state index is 11.8. The highest BCUT2D eigenvalue weighted by Crippen LogP contribution is 2.28. The molecule has 0 bridgehead atoms. The summed E-state index contributed by atoms with van der Waals surface area (Å²) in [6.07, 6.45) is 7.95. The molecule has 6 nitrogen and oxygen atoms in total. The summed E-state index contributed by atoms with van der Waals surface area (Å²) < 4.78 is 11.5. The fourth-order valence-electron chi connectivity index (χ4n) is 2.18. The van der Waals surface area contributed by atoms with E-state index in [1.165, 1.54) is 32.1 Å². The van der Waals surface area contributed by atoms with E-state index in [-0.39, 0.29) is 11.8 Å². The lowest BCUT2D eigenvalue weighted by atomic mass is 10.0. The van der Waals surface area contributed by atoms with Gasteiger partial charge in [0.2, 0.25) is 11.8 Å². The van der Waals surface area contributed by atoms with Crippen molar-refractivity contribution in [1.82, 2.24) is 5.27 Å². The van der Waals surface area contributed by atoms with Crippen LogP contribution >= 0.6 is 11.8 Å². The van der Waals surface area contributed by atoms with Crippen molar-refractivity contribution >= 4 is 23.5 Å². The summed E-state index contributed by atoms with van der Waals surface area (Å²) in [5, 5.41) is 16.1. The zero-order chi connectivity index (χ0) is 14.2. The van der Waals surface area contributed by atoms with Crippen LogP contribution in [0.15, 0.2) is 15.7 Å². The SMILES string of the molecule is COCC[n+]1cc(/N=C(/[O-])CSC2CCCCC2)on1. The summed E-state index contributed by atoms with van der Waals surface area (Å²) >= 11 is 1.71. The fourth-order valence-corrected chi connectivity index (χ4v) is 3.29. The van der Waals surface area contributed by atoms with Crippen LogP contribution in [0.3, 0.4) is 0 Å². The lowest BCUT2D eigenvalue weighted by molar-refractivity contribution is -0.763. The smallest absolute Gasteiger partial charge is 0.320 e. The van der Waals surface area contributed by atoms with E-state index in [0.29, 0.717) is 24.2 Å². The molecule has 0 unspecified atom stereocenters. The first kappa shape index (κ1) is 15.3. The van der Waals surface area contributed by atoms with Crippen molar-refractivity contribution in [3.05, 3.63) is 6.20 Å². The maximum absolute atomic E-state index is 11.8. The van der Waals surface area contributed by atoms with Gasteiger partial charge in [-0.15, -0.1) is 0 Å². The van der Waals surface area contributed by atoms with Gasteiger partial charge in [0.05, 0.1) is 0 Å². The van der Waals surface area contributed by atoms with Crippen molar-refractivity contribution in [2.75, 3.05) is 19.5 Å². The molecule has 0 aromatic carbocycles. The predicted octanol–water partition coefficient (Wildman–Crippen LogP) is 1.06. The number of rotatable bonds is 7. The number of hydrogen-bond acceptors (Lipinski definition) is 6. The van der Waals surface area contributed by atoms with Gasteiger partial charge in [0.25, 0.3) is 6.20 Å². The first-order chi connectivity index (χ1) is 9.78. The molecule has 0 radical (unpaired) electrons. The minimum absolute atomic E-state index is 0.157. The van der Waals surface area contributed by atoms with Gasteiger partial charge >= 0.3 is 5.88 Å². The molecule has 0 N–H and O–H groups in total. The Morgan fingerprint density at radius 3 is 3.10 bits per heavy atom. The molecule has 1 aliphatic carbocycles. The van der Waals surface area contributed by atoms with Gasteiger partial charge in [0, 0.05) is 18.1 Å². The normalized spacial score (nSPS) is 17.6. The average molecular weight is 299 g/mol. The molecule has 7 heteroatoms. The number of ether oxygens (including phenoxy) is 1. The summed E-state index contributed by atoms with van der Waals surface area (Å²) in [7, 11) is 1.62. The van der Waals surface area contributed by atoms with Crippen LogP contribution in [0.4, 0.5) is 5.88 Å². The summed E-state index contributed by atoms with van der Waals surface area (Å²) in [6, 6.07) is 0. The molecule has 1 aliphatic rings. The second-order valence-corrected chi connectivity index (χ2v) is 6.16. The van der Waals surface area contributed by atoms with E-state index in [0.717, 1.165) is 0 Å². The Labute approximate surface area is 123 Å². The Morgan fingerprint density at radius 1 is 1.55 bits per heavy atom. The Bertz CT molecular complexity index is 430. The van der Waals surface area contributed by atoms with Gasteiger partial charge in [-0.25, -0.2) is 4.99 Å². The number of aliphatic imine (C=N–C) groups is 1. The highest BCUT2D eigenvalue weighted by atomic mass is 32.2. The van der Waals surface area contributed by atoms with E-state index in [9.17, 15) is 5.11 Å². The molecule has 0 atom stereocenters. The van der Waals surface area contributed by atoms with E-state index in [1.54, 1.807) is 29.8 Å². The van der Waals surface area contributed by atoms with Gasteiger partial charge < -0.3 is 9.84 Å². The van der Waals surface area contributed by atoms with E-state index in [2.05, 4.69) is 10.3 Å². The van der Waals surface area contributed by atoms with Crippen LogP contribution in [0.2, 0.25) is 0 Å². The van der Waals surface area contributed by atoms with Crippen molar-refractivity contribution in [2.24, 2.45) is 4.99 Å². The Morgan fingerprint density at radius 2 is 2.35 bits per heavy atom. The topological polar surface area (TPSA) is 74.6 Å². The van der Waals surface area contributed by atoms with Gasteiger partial charge in [0.15, 0.2) is 0 Å². The molecule has 1 fully saturated rings. The van der Waals surface area contributed by atoms with Crippen LogP contribution < -0.4 is 9.79 Å². The van der Waals surface area contributed by atoms with Crippen molar-refractivity contribution in [3.8, 4) is 0 Å². The van der Waals surface area contributed by atoms with E-state index in [4.69, 9.17) is 9.26 Å². The predicted molar refractivity (Wildman–Crippen MR) is 75.0 cm³/mol. The van der Waals surface area contributed by atoms with Crippen LogP contribution in [0, 0.1) is 0 Å². The standard InChI is InChI=1S/C13H21N3O3S/c1-18-8-7-16-9-13(19-15-16)14-12(17)10-20-11-5-3-2-4-6-11/h9,11H,2-8,10H2,1H3. The van der Waals surface area contributed by atoms with Gasteiger partial charge in [-0.2, -0.15) is 11.8 Å². The Hall–Kier alpha value is -1.08. The first-order valence-corrected chi connectivity index (χ1v) is 8.04. The van der Waals surface area contributed by atoms with E-state index < -0.39 is 0 Å². The van der Waals surface area contributed by atoms with Crippen LogP contribution in [0.1, 0.15) is 32.1 Å². The minimum atomic E-state index is -0.157.